The average molecular weight is 244 g/mol. The first-order valence-corrected chi connectivity index (χ1v) is 6.52. The number of thiophene rings is 1. The van der Waals surface area contributed by atoms with Gasteiger partial charge in [-0.2, -0.15) is 0 Å². The molecule has 1 saturated carbocycles. The van der Waals surface area contributed by atoms with Crippen LogP contribution in [0.2, 0.25) is 0 Å². The van der Waals surface area contributed by atoms with Crippen LogP contribution in [0.3, 0.4) is 0 Å². The molecule has 0 saturated heterocycles. The van der Waals surface area contributed by atoms with Gasteiger partial charge in [-0.25, -0.2) is 0 Å². The molecular formula is C13H12N2OS. The Morgan fingerprint density at radius 2 is 2.24 bits per heavy atom. The summed E-state index contributed by atoms with van der Waals surface area (Å²) in [6.45, 7) is 0. The molecule has 1 aliphatic carbocycles. The Balaban J connectivity index is 1.77. The molecule has 1 N–H and O–H groups in total. The summed E-state index contributed by atoms with van der Waals surface area (Å²) in [5.74, 6) is -0.0160. The summed E-state index contributed by atoms with van der Waals surface area (Å²) in [4.78, 5) is 17.2. The molecule has 0 radical (unpaired) electrons. The van der Waals surface area contributed by atoms with E-state index in [9.17, 15) is 4.79 Å². The number of aromatic nitrogens is 1. The van der Waals surface area contributed by atoms with Crippen LogP contribution in [-0.2, 0) is 0 Å². The van der Waals surface area contributed by atoms with Crippen LogP contribution in [0, 0.1) is 0 Å². The maximum absolute atomic E-state index is 11.7. The second-order valence-corrected chi connectivity index (χ2v) is 5.10. The average Bonchev–Trinajstić information content (AvgIpc) is 3.00. The van der Waals surface area contributed by atoms with Crippen molar-refractivity contribution in [1.29, 1.82) is 0 Å². The molecule has 4 heteroatoms. The first-order chi connectivity index (χ1) is 8.33. The fraction of sp³-hybridized carbons (Fsp3) is 0.231. The smallest absolute Gasteiger partial charge is 0.253 e. The Morgan fingerprint density at radius 3 is 2.82 bits per heavy atom. The summed E-state index contributed by atoms with van der Waals surface area (Å²) >= 11 is 1.65. The summed E-state index contributed by atoms with van der Waals surface area (Å²) in [5, 5.41) is 4.97. The molecule has 86 valence electrons. The van der Waals surface area contributed by atoms with E-state index < -0.39 is 0 Å². The van der Waals surface area contributed by atoms with Gasteiger partial charge in [0.1, 0.15) is 0 Å². The maximum Gasteiger partial charge on any atom is 0.253 e. The minimum Gasteiger partial charge on any atom is -0.349 e. The Morgan fingerprint density at radius 1 is 1.35 bits per heavy atom. The fourth-order valence-corrected chi connectivity index (χ4v) is 2.30. The van der Waals surface area contributed by atoms with Gasteiger partial charge in [-0.3, -0.25) is 9.78 Å². The van der Waals surface area contributed by atoms with Gasteiger partial charge in [0.2, 0.25) is 0 Å². The van der Waals surface area contributed by atoms with Crippen molar-refractivity contribution >= 4 is 17.2 Å². The quantitative estimate of drug-likeness (QED) is 0.902. The van der Waals surface area contributed by atoms with Gasteiger partial charge >= 0.3 is 0 Å². The SMILES string of the molecule is O=C(NC1CC1)c1ccc(-c2cccs2)nc1. The Kier molecular flexibility index (Phi) is 2.65. The molecule has 0 aromatic carbocycles. The van der Waals surface area contributed by atoms with E-state index in [0.29, 0.717) is 11.6 Å². The number of hydrogen-bond donors (Lipinski definition) is 1. The molecule has 1 aliphatic rings. The number of pyridine rings is 1. The van der Waals surface area contributed by atoms with E-state index in [2.05, 4.69) is 10.3 Å². The summed E-state index contributed by atoms with van der Waals surface area (Å²) in [5.41, 5.74) is 1.56. The molecule has 0 aliphatic heterocycles. The summed E-state index contributed by atoms with van der Waals surface area (Å²) in [6, 6.07) is 8.14. The standard InChI is InChI=1S/C13H12N2OS/c16-13(15-10-4-5-10)9-3-6-11(14-8-9)12-2-1-7-17-12/h1-3,6-8,10H,4-5H2,(H,15,16). The summed E-state index contributed by atoms with van der Waals surface area (Å²) < 4.78 is 0. The van der Waals surface area contributed by atoms with Crippen molar-refractivity contribution in [3.05, 3.63) is 41.4 Å². The Hall–Kier alpha value is -1.68. The summed E-state index contributed by atoms with van der Waals surface area (Å²) in [7, 11) is 0. The van der Waals surface area contributed by atoms with Crippen molar-refractivity contribution < 1.29 is 4.79 Å². The van der Waals surface area contributed by atoms with Crippen molar-refractivity contribution in [2.24, 2.45) is 0 Å². The van der Waals surface area contributed by atoms with Gasteiger partial charge < -0.3 is 5.32 Å². The van der Waals surface area contributed by atoms with E-state index >= 15 is 0 Å². The van der Waals surface area contributed by atoms with Crippen molar-refractivity contribution in [2.75, 3.05) is 0 Å². The van der Waals surface area contributed by atoms with E-state index in [4.69, 9.17) is 0 Å². The van der Waals surface area contributed by atoms with Crippen molar-refractivity contribution in [2.45, 2.75) is 18.9 Å². The summed E-state index contributed by atoms with van der Waals surface area (Å²) in [6.07, 6.45) is 3.85. The van der Waals surface area contributed by atoms with Crippen LogP contribution in [0.25, 0.3) is 10.6 Å². The molecule has 3 nitrogen and oxygen atoms in total. The van der Waals surface area contributed by atoms with Crippen molar-refractivity contribution in [3.63, 3.8) is 0 Å². The van der Waals surface area contributed by atoms with E-state index in [1.54, 1.807) is 17.5 Å². The number of amides is 1. The highest BCUT2D eigenvalue weighted by atomic mass is 32.1. The molecule has 0 unspecified atom stereocenters. The number of carbonyl (C=O) groups is 1. The number of nitrogens with zero attached hydrogens (tertiary/aromatic N) is 1. The molecule has 2 heterocycles. The molecule has 0 atom stereocenters. The van der Waals surface area contributed by atoms with Gasteiger partial charge in [-0.1, -0.05) is 6.07 Å². The molecule has 3 rings (SSSR count). The van der Waals surface area contributed by atoms with E-state index in [0.717, 1.165) is 23.4 Å². The van der Waals surface area contributed by atoms with Crippen molar-refractivity contribution in [1.82, 2.24) is 10.3 Å². The molecule has 0 bridgehead atoms. The number of carbonyl (C=O) groups excluding carboxylic acids is 1. The van der Waals surface area contributed by atoms with Gasteiger partial charge in [-0.05, 0) is 36.4 Å². The lowest BCUT2D eigenvalue weighted by atomic mass is 10.2. The van der Waals surface area contributed by atoms with Crippen LogP contribution in [0.4, 0.5) is 0 Å². The zero-order chi connectivity index (χ0) is 11.7. The van der Waals surface area contributed by atoms with Crippen LogP contribution in [-0.4, -0.2) is 16.9 Å². The van der Waals surface area contributed by atoms with Crippen LogP contribution < -0.4 is 5.32 Å². The molecule has 0 spiro atoms. The Bertz CT molecular complexity index is 515. The molecule has 1 fully saturated rings. The molecular weight excluding hydrogens is 232 g/mol. The number of hydrogen-bond acceptors (Lipinski definition) is 3. The van der Waals surface area contributed by atoms with E-state index in [-0.39, 0.29) is 5.91 Å². The lowest BCUT2D eigenvalue weighted by Gasteiger charge is -2.03. The van der Waals surface area contributed by atoms with E-state index in [1.807, 2.05) is 29.6 Å². The normalized spacial score (nSPS) is 14.6. The minimum absolute atomic E-state index is 0.0160. The van der Waals surface area contributed by atoms with Gasteiger partial charge in [0.25, 0.3) is 5.91 Å². The van der Waals surface area contributed by atoms with Crippen LogP contribution >= 0.6 is 11.3 Å². The van der Waals surface area contributed by atoms with Crippen molar-refractivity contribution in [3.8, 4) is 10.6 Å². The molecule has 2 aromatic heterocycles. The third kappa shape index (κ3) is 2.36. The van der Waals surface area contributed by atoms with Crippen LogP contribution in [0.1, 0.15) is 23.2 Å². The van der Waals surface area contributed by atoms with Crippen LogP contribution in [0.15, 0.2) is 35.8 Å². The highest BCUT2D eigenvalue weighted by molar-refractivity contribution is 7.13. The van der Waals surface area contributed by atoms with E-state index in [1.165, 1.54) is 0 Å². The first kappa shape index (κ1) is 10.5. The topological polar surface area (TPSA) is 42.0 Å². The second-order valence-electron chi connectivity index (χ2n) is 4.16. The largest absolute Gasteiger partial charge is 0.349 e. The Labute approximate surface area is 104 Å². The minimum atomic E-state index is -0.0160. The lowest BCUT2D eigenvalue weighted by molar-refractivity contribution is 0.0951. The second kappa shape index (κ2) is 4.30. The number of rotatable bonds is 3. The van der Waals surface area contributed by atoms with Crippen LogP contribution in [0.5, 0.6) is 0 Å². The maximum atomic E-state index is 11.7. The zero-order valence-electron chi connectivity index (χ0n) is 9.22. The predicted molar refractivity (Wildman–Crippen MR) is 68.0 cm³/mol. The third-order valence-electron chi connectivity index (χ3n) is 2.71. The highest BCUT2D eigenvalue weighted by Crippen LogP contribution is 2.23. The molecule has 17 heavy (non-hydrogen) atoms. The first-order valence-electron chi connectivity index (χ1n) is 5.64. The predicted octanol–water partition coefficient (Wildman–Crippen LogP) is 2.70. The monoisotopic (exact) mass is 244 g/mol. The van der Waals surface area contributed by atoms with Gasteiger partial charge in [0, 0.05) is 12.2 Å². The third-order valence-corrected chi connectivity index (χ3v) is 3.60. The number of nitrogens with one attached hydrogen (secondary N) is 1. The zero-order valence-corrected chi connectivity index (χ0v) is 10.0. The van der Waals surface area contributed by atoms with Gasteiger partial charge in [-0.15, -0.1) is 11.3 Å². The fourth-order valence-electron chi connectivity index (χ4n) is 1.59. The van der Waals surface area contributed by atoms with Gasteiger partial charge in [0.15, 0.2) is 0 Å². The molecule has 2 aromatic rings. The highest BCUT2D eigenvalue weighted by Gasteiger charge is 2.23. The molecule has 1 amide bonds. The lowest BCUT2D eigenvalue weighted by Crippen LogP contribution is -2.25. The van der Waals surface area contributed by atoms with Gasteiger partial charge in [0.05, 0.1) is 16.1 Å².